The number of rotatable bonds is 11. The Kier molecular flexibility index (Phi) is 10.3. The van der Waals surface area contributed by atoms with Crippen molar-refractivity contribution in [1.29, 1.82) is 0 Å². The van der Waals surface area contributed by atoms with Gasteiger partial charge in [0.1, 0.15) is 17.2 Å². The Balaban J connectivity index is 1.04. The summed E-state index contributed by atoms with van der Waals surface area (Å²) in [5, 5.41) is 10.5. The Morgan fingerprint density at radius 2 is 0.746 bits per heavy atom. The van der Waals surface area contributed by atoms with Crippen LogP contribution in [0.3, 0.4) is 0 Å². The van der Waals surface area contributed by atoms with Gasteiger partial charge in [0.2, 0.25) is 0 Å². The topological polar surface area (TPSA) is 69.0 Å². The third kappa shape index (κ3) is 7.38. The van der Waals surface area contributed by atoms with E-state index in [1.807, 2.05) is 30.3 Å². The number of benzene rings is 10. The van der Waals surface area contributed by atoms with Crippen molar-refractivity contribution in [1.82, 2.24) is 0 Å². The number of nitrogens with one attached hydrogen (secondary N) is 1. The van der Waals surface area contributed by atoms with E-state index in [2.05, 4.69) is 180 Å². The van der Waals surface area contributed by atoms with Crippen molar-refractivity contribution in [3.8, 4) is 50.6 Å². The lowest BCUT2D eigenvalue weighted by Crippen LogP contribution is -2.11. The Labute approximate surface area is 367 Å². The van der Waals surface area contributed by atoms with Crippen LogP contribution in [0.25, 0.3) is 65.7 Å². The number of nitrogens with zero attached hydrogens (tertiary/aromatic N) is 1. The zero-order valence-corrected chi connectivity index (χ0v) is 35.3. The number of ether oxygens (including phenoxy) is 3. The van der Waals surface area contributed by atoms with Crippen molar-refractivity contribution >= 4 is 66.4 Å². The lowest BCUT2D eigenvalue weighted by molar-refractivity contribution is 0.417. The molecule has 0 saturated heterocycles. The van der Waals surface area contributed by atoms with Gasteiger partial charge in [-0.25, -0.2) is 0 Å². The summed E-state index contributed by atoms with van der Waals surface area (Å²) in [6.07, 6.45) is 0. The molecule has 0 spiro atoms. The van der Waals surface area contributed by atoms with Gasteiger partial charge in [-0.2, -0.15) is 0 Å². The highest BCUT2D eigenvalue weighted by molar-refractivity contribution is 6.02. The predicted octanol–water partition coefficient (Wildman–Crippen LogP) is 15.0. The molecular weight excluding hydrogens is 775 g/mol. The van der Waals surface area contributed by atoms with Crippen molar-refractivity contribution in [3.05, 3.63) is 200 Å². The first-order valence-electron chi connectivity index (χ1n) is 21.0. The van der Waals surface area contributed by atoms with Gasteiger partial charge in [-0.15, -0.1) is 0 Å². The van der Waals surface area contributed by atoms with Gasteiger partial charge in [-0.1, -0.05) is 127 Å². The maximum absolute atomic E-state index is 6.75. The first-order valence-corrected chi connectivity index (χ1v) is 21.0. The highest BCUT2D eigenvalue weighted by atomic mass is 16.5. The zero-order chi connectivity index (χ0) is 42.9. The third-order valence-electron chi connectivity index (χ3n) is 11.8. The van der Waals surface area contributed by atoms with E-state index in [-0.39, 0.29) is 0 Å². The quantitative estimate of drug-likeness (QED) is 0.127. The normalized spacial score (nSPS) is 11.2. The fourth-order valence-corrected chi connectivity index (χ4v) is 8.88. The molecule has 0 atom stereocenters. The zero-order valence-electron chi connectivity index (χ0n) is 35.3. The van der Waals surface area contributed by atoms with Gasteiger partial charge in [0.15, 0.2) is 0 Å². The summed E-state index contributed by atoms with van der Waals surface area (Å²) in [6.45, 7) is 0. The Hall–Kier alpha value is -8.22. The van der Waals surface area contributed by atoms with Crippen molar-refractivity contribution < 1.29 is 14.2 Å². The molecular formula is C57H45N3O3. The first-order chi connectivity index (χ1) is 31.0. The minimum absolute atomic E-state index is 0.631. The van der Waals surface area contributed by atoms with Crippen LogP contribution in [0.15, 0.2) is 200 Å². The van der Waals surface area contributed by atoms with Gasteiger partial charge >= 0.3 is 0 Å². The molecule has 63 heavy (non-hydrogen) atoms. The van der Waals surface area contributed by atoms with Crippen molar-refractivity contribution in [3.63, 3.8) is 0 Å². The largest absolute Gasteiger partial charge is 0.496 e. The van der Waals surface area contributed by atoms with Crippen LogP contribution in [0.5, 0.6) is 17.2 Å². The van der Waals surface area contributed by atoms with E-state index >= 15 is 0 Å². The standard InChI is InChI=1S/C57H45N3O3/c1-61-52-31-22-37-10-4-7-13-49(37)55(52)40-16-25-44(26-17-40)59-45-34-43(58)35-48(36-45)60(46-27-18-41(19-28-46)56-50-14-8-5-11-38(50)23-32-53(56)62-2)47-29-20-42(21-30-47)57-51-15-9-6-12-39(51)24-33-54(57)63-3/h4-36,59H,58H2,1-3H3. The van der Waals surface area contributed by atoms with E-state index in [1.54, 1.807) is 21.3 Å². The van der Waals surface area contributed by atoms with Crippen molar-refractivity contribution in [2.75, 3.05) is 37.3 Å². The molecule has 0 saturated carbocycles. The summed E-state index contributed by atoms with van der Waals surface area (Å²) in [6, 6.07) is 69.5. The Morgan fingerprint density at radius 3 is 1.14 bits per heavy atom. The minimum Gasteiger partial charge on any atom is -0.496 e. The molecule has 3 N–H and O–H groups in total. The van der Waals surface area contributed by atoms with E-state index in [1.165, 1.54) is 0 Å². The number of methoxy groups -OCH3 is 3. The number of anilines is 6. The molecule has 0 radical (unpaired) electrons. The van der Waals surface area contributed by atoms with Gasteiger partial charge in [-0.05, 0) is 122 Å². The number of hydrogen-bond acceptors (Lipinski definition) is 6. The molecule has 0 fully saturated rings. The molecule has 10 aromatic rings. The molecule has 0 aromatic heterocycles. The van der Waals surface area contributed by atoms with E-state index in [0.29, 0.717) is 5.69 Å². The number of nitrogens with two attached hydrogens (primary N) is 1. The van der Waals surface area contributed by atoms with Gasteiger partial charge in [0.05, 0.1) is 27.0 Å². The van der Waals surface area contributed by atoms with Crippen LogP contribution >= 0.6 is 0 Å². The SMILES string of the molecule is COc1ccc2ccccc2c1-c1ccc(Nc2cc(N)cc(N(c3ccc(-c4c(OC)ccc5ccccc45)cc3)c3ccc(-c4c(OC)ccc5ccccc45)cc3)c2)cc1. The second-order valence-corrected chi connectivity index (χ2v) is 15.5. The molecule has 306 valence electrons. The minimum atomic E-state index is 0.631. The molecule has 10 aromatic carbocycles. The fraction of sp³-hybridized carbons (Fsp3) is 0.0526. The highest BCUT2D eigenvalue weighted by Crippen LogP contribution is 2.44. The van der Waals surface area contributed by atoms with Gasteiger partial charge in [0, 0.05) is 45.1 Å². The Bertz CT molecular complexity index is 3140. The van der Waals surface area contributed by atoms with E-state index in [4.69, 9.17) is 19.9 Å². The highest BCUT2D eigenvalue weighted by Gasteiger charge is 2.19. The van der Waals surface area contributed by atoms with Crippen LogP contribution in [0.4, 0.5) is 34.1 Å². The molecule has 0 aliphatic rings. The molecule has 0 heterocycles. The van der Waals surface area contributed by atoms with E-state index in [0.717, 1.165) is 111 Å². The van der Waals surface area contributed by atoms with Crippen LogP contribution < -0.4 is 30.2 Å². The summed E-state index contributed by atoms with van der Waals surface area (Å²) in [5.74, 6) is 2.49. The summed E-state index contributed by atoms with van der Waals surface area (Å²) in [7, 11) is 5.17. The second kappa shape index (κ2) is 16.7. The lowest BCUT2D eigenvalue weighted by atomic mass is 9.96. The molecule has 0 aliphatic heterocycles. The predicted molar refractivity (Wildman–Crippen MR) is 264 cm³/mol. The molecule has 0 aliphatic carbocycles. The van der Waals surface area contributed by atoms with Crippen molar-refractivity contribution in [2.24, 2.45) is 0 Å². The van der Waals surface area contributed by atoms with E-state index < -0.39 is 0 Å². The van der Waals surface area contributed by atoms with Gasteiger partial charge in [-0.3, -0.25) is 0 Å². The summed E-state index contributed by atoms with van der Waals surface area (Å²) in [4.78, 5) is 2.24. The summed E-state index contributed by atoms with van der Waals surface area (Å²) in [5.41, 5.74) is 18.4. The Morgan fingerprint density at radius 1 is 0.365 bits per heavy atom. The molecule has 0 bridgehead atoms. The number of fused-ring (bicyclic) bond motifs is 3. The van der Waals surface area contributed by atoms with E-state index in [9.17, 15) is 0 Å². The number of nitrogen functional groups attached to an aromatic ring is 1. The summed E-state index contributed by atoms with van der Waals surface area (Å²) < 4.78 is 17.6. The third-order valence-corrected chi connectivity index (χ3v) is 11.8. The monoisotopic (exact) mass is 819 g/mol. The van der Waals surface area contributed by atoms with Crippen molar-refractivity contribution in [2.45, 2.75) is 0 Å². The molecule has 0 amide bonds. The first kappa shape index (κ1) is 38.9. The molecule has 6 nitrogen and oxygen atoms in total. The van der Waals surface area contributed by atoms with Crippen LogP contribution in [-0.2, 0) is 0 Å². The number of hydrogen-bond donors (Lipinski definition) is 2. The van der Waals surface area contributed by atoms with Gasteiger partial charge in [0.25, 0.3) is 0 Å². The smallest absolute Gasteiger partial charge is 0.127 e. The summed E-state index contributed by atoms with van der Waals surface area (Å²) >= 11 is 0. The fourth-order valence-electron chi connectivity index (χ4n) is 8.88. The van der Waals surface area contributed by atoms with Crippen LogP contribution in [-0.4, -0.2) is 21.3 Å². The van der Waals surface area contributed by atoms with Crippen LogP contribution in [0.2, 0.25) is 0 Å². The van der Waals surface area contributed by atoms with Gasteiger partial charge < -0.3 is 30.2 Å². The average Bonchev–Trinajstić information content (AvgIpc) is 3.33. The molecule has 6 heteroatoms. The van der Waals surface area contributed by atoms with Crippen LogP contribution in [0, 0.1) is 0 Å². The molecule has 10 rings (SSSR count). The lowest BCUT2D eigenvalue weighted by Gasteiger charge is -2.27. The second-order valence-electron chi connectivity index (χ2n) is 15.5. The molecule has 0 unspecified atom stereocenters. The average molecular weight is 820 g/mol. The maximum atomic E-state index is 6.75. The van der Waals surface area contributed by atoms with Crippen LogP contribution in [0.1, 0.15) is 0 Å². The maximum Gasteiger partial charge on any atom is 0.127 e.